The van der Waals surface area contributed by atoms with Gasteiger partial charge in [0, 0.05) is 0 Å². The standard InChI is InChI=1S/C22H21N5O3/c1-28-16-7-5-4-6-15(16)25-21-20-22(24-13-23-21)27-19(26-20)11-9-14-8-10-17(29-2)18(12-14)30-3/h4-13H,1-3H3,(H2,23,24,25,26,27)/b11-9+. The zero-order valence-corrected chi connectivity index (χ0v) is 16.8. The summed E-state index contributed by atoms with van der Waals surface area (Å²) in [4.78, 5) is 16.4. The Morgan fingerprint density at radius 2 is 1.67 bits per heavy atom. The van der Waals surface area contributed by atoms with E-state index in [1.54, 1.807) is 21.3 Å². The van der Waals surface area contributed by atoms with Crippen molar-refractivity contribution >= 4 is 34.8 Å². The molecule has 0 saturated heterocycles. The zero-order valence-electron chi connectivity index (χ0n) is 16.8. The lowest BCUT2D eigenvalue weighted by Gasteiger charge is -2.10. The lowest BCUT2D eigenvalue weighted by molar-refractivity contribution is 0.355. The third-order valence-corrected chi connectivity index (χ3v) is 4.51. The molecule has 2 aromatic heterocycles. The average molecular weight is 403 g/mol. The van der Waals surface area contributed by atoms with E-state index in [0.717, 1.165) is 17.0 Å². The zero-order chi connectivity index (χ0) is 20.9. The van der Waals surface area contributed by atoms with Crippen molar-refractivity contribution in [3.8, 4) is 17.2 Å². The number of nitrogens with zero attached hydrogens (tertiary/aromatic N) is 3. The van der Waals surface area contributed by atoms with Gasteiger partial charge < -0.3 is 24.5 Å². The highest BCUT2D eigenvalue weighted by Crippen LogP contribution is 2.30. The van der Waals surface area contributed by atoms with Gasteiger partial charge in [-0.3, -0.25) is 0 Å². The summed E-state index contributed by atoms with van der Waals surface area (Å²) in [6.45, 7) is 0. The van der Waals surface area contributed by atoms with Crippen molar-refractivity contribution in [2.45, 2.75) is 0 Å². The molecule has 0 radical (unpaired) electrons. The van der Waals surface area contributed by atoms with Gasteiger partial charge in [0.05, 0.1) is 27.0 Å². The molecule has 0 aliphatic heterocycles. The molecule has 4 aromatic rings. The van der Waals surface area contributed by atoms with Gasteiger partial charge in [0.2, 0.25) is 0 Å². The summed E-state index contributed by atoms with van der Waals surface area (Å²) in [6.07, 6.45) is 5.28. The van der Waals surface area contributed by atoms with Gasteiger partial charge in [-0.1, -0.05) is 24.3 Å². The van der Waals surface area contributed by atoms with E-state index < -0.39 is 0 Å². The molecule has 0 atom stereocenters. The van der Waals surface area contributed by atoms with Crippen LogP contribution in [0.2, 0.25) is 0 Å². The molecular formula is C22H21N5O3. The van der Waals surface area contributed by atoms with Crippen LogP contribution in [0.5, 0.6) is 17.2 Å². The number of methoxy groups -OCH3 is 3. The lowest BCUT2D eigenvalue weighted by atomic mass is 10.2. The molecule has 0 aliphatic rings. The molecular weight excluding hydrogens is 382 g/mol. The maximum atomic E-state index is 5.40. The SMILES string of the molecule is COc1ccccc1Nc1ncnc2nc(/C=C/c3ccc(OC)c(OC)c3)[nH]c12. The number of H-pyrrole nitrogens is 1. The largest absolute Gasteiger partial charge is 0.495 e. The Labute approximate surface area is 173 Å². The van der Waals surface area contributed by atoms with E-state index in [2.05, 4.69) is 25.3 Å². The quantitative estimate of drug-likeness (QED) is 0.475. The second-order valence-corrected chi connectivity index (χ2v) is 6.32. The van der Waals surface area contributed by atoms with Crippen molar-refractivity contribution in [1.82, 2.24) is 19.9 Å². The van der Waals surface area contributed by atoms with E-state index in [0.29, 0.717) is 34.3 Å². The number of para-hydroxylation sites is 2. The monoisotopic (exact) mass is 403 g/mol. The Hall–Kier alpha value is -4.07. The fourth-order valence-electron chi connectivity index (χ4n) is 3.03. The topological polar surface area (TPSA) is 94.2 Å². The van der Waals surface area contributed by atoms with Gasteiger partial charge in [0.25, 0.3) is 0 Å². The van der Waals surface area contributed by atoms with E-state index >= 15 is 0 Å². The summed E-state index contributed by atoms with van der Waals surface area (Å²) >= 11 is 0. The van der Waals surface area contributed by atoms with Crippen LogP contribution in [0.4, 0.5) is 11.5 Å². The first-order valence-corrected chi connectivity index (χ1v) is 9.22. The predicted octanol–water partition coefficient (Wildman–Crippen LogP) is 4.29. The second kappa shape index (κ2) is 8.52. The summed E-state index contributed by atoms with van der Waals surface area (Å²) in [7, 11) is 4.85. The number of nitrogens with one attached hydrogen (secondary N) is 2. The first-order chi connectivity index (χ1) is 14.7. The molecule has 2 N–H and O–H groups in total. The van der Waals surface area contributed by atoms with Crippen LogP contribution in [-0.4, -0.2) is 41.3 Å². The summed E-state index contributed by atoms with van der Waals surface area (Å²) in [5.74, 6) is 3.34. The maximum absolute atomic E-state index is 5.40. The summed E-state index contributed by atoms with van der Waals surface area (Å²) in [5, 5.41) is 3.28. The number of anilines is 2. The van der Waals surface area contributed by atoms with Gasteiger partial charge in [-0.25, -0.2) is 15.0 Å². The van der Waals surface area contributed by atoms with Crippen LogP contribution >= 0.6 is 0 Å². The van der Waals surface area contributed by atoms with Crippen LogP contribution in [0, 0.1) is 0 Å². The van der Waals surface area contributed by atoms with Crippen LogP contribution < -0.4 is 19.5 Å². The third kappa shape index (κ3) is 3.88. The summed E-state index contributed by atoms with van der Waals surface area (Å²) in [6, 6.07) is 13.3. The first-order valence-electron chi connectivity index (χ1n) is 9.22. The van der Waals surface area contributed by atoms with Crippen molar-refractivity contribution in [3.05, 3.63) is 60.2 Å². The molecule has 4 rings (SSSR count). The number of hydrogen-bond donors (Lipinski definition) is 2. The molecule has 0 amide bonds. The van der Waals surface area contributed by atoms with Gasteiger partial charge in [-0.2, -0.15) is 0 Å². The highest BCUT2D eigenvalue weighted by atomic mass is 16.5. The molecule has 8 nitrogen and oxygen atoms in total. The molecule has 0 unspecified atom stereocenters. The van der Waals surface area contributed by atoms with Crippen LogP contribution in [0.1, 0.15) is 11.4 Å². The normalized spacial score (nSPS) is 11.0. The third-order valence-electron chi connectivity index (χ3n) is 4.51. The molecule has 0 saturated carbocycles. The van der Waals surface area contributed by atoms with Crippen LogP contribution in [0.25, 0.3) is 23.3 Å². The smallest absolute Gasteiger partial charge is 0.183 e. The van der Waals surface area contributed by atoms with E-state index in [1.165, 1.54) is 6.33 Å². The number of ether oxygens (including phenoxy) is 3. The molecule has 0 spiro atoms. The van der Waals surface area contributed by atoms with Crippen LogP contribution in [0.3, 0.4) is 0 Å². The number of aromatic nitrogens is 4. The highest BCUT2D eigenvalue weighted by molar-refractivity contribution is 5.87. The summed E-state index contributed by atoms with van der Waals surface area (Å²) < 4.78 is 16.0. The fourth-order valence-corrected chi connectivity index (χ4v) is 3.03. The molecule has 0 bridgehead atoms. The Morgan fingerprint density at radius 1 is 0.867 bits per heavy atom. The minimum atomic E-state index is 0.564. The van der Waals surface area contributed by atoms with Gasteiger partial charge in [0.15, 0.2) is 23.0 Å². The number of imidazole rings is 1. The minimum absolute atomic E-state index is 0.564. The fraction of sp³-hybridized carbons (Fsp3) is 0.136. The first kappa shape index (κ1) is 19.3. The van der Waals surface area contributed by atoms with Crippen molar-refractivity contribution in [2.75, 3.05) is 26.6 Å². The lowest BCUT2D eigenvalue weighted by Crippen LogP contribution is -1.98. The van der Waals surface area contributed by atoms with Crippen LogP contribution in [-0.2, 0) is 0 Å². The number of fused-ring (bicyclic) bond motifs is 1. The molecule has 2 heterocycles. The molecule has 0 fully saturated rings. The van der Waals surface area contributed by atoms with Crippen molar-refractivity contribution in [1.29, 1.82) is 0 Å². The van der Waals surface area contributed by atoms with E-state index in [9.17, 15) is 0 Å². The Morgan fingerprint density at radius 3 is 2.47 bits per heavy atom. The van der Waals surface area contributed by atoms with Gasteiger partial charge in [-0.05, 0) is 35.9 Å². The van der Waals surface area contributed by atoms with Gasteiger partial charge in [-0.15, -0.1) is 0 Å². The van der Waals surface area contributed by atoms with Crippen LogP contribution in [0.15, 0.2) is 48.8 Å². The molecule has 152 valence electrons. The van der Waals surface area contributed by atoms with Gasteiger partial charge in [0.1, 0.15) is 23.4 Å². The number of aromatic amines is 1. The molecule has 0 aliphatic carbocycles. The number of benzene rings is 2. The Balaban J connectivity index is 1.63. The average Bonchev–Trinajstić information content (AvgIpc) is 3.22. The minimum Gasteiger partial charge on any atom is -0.495 e. The van der Waals surface area contributed by atoms with E-state index in [-0.39, 0.29) is 0 Å². The number of hydrogen-bond acceptors (Lipinski definition) is 7. The van der Waals surface area contributed by atoms with Crippen molar-refractivity contribution in [3.63, 3.8) is 0 Å². The van der Waals surface area contributed by atoms with E-state index in [4.69, 9.17) is 14.2 Å². The predicted molar refractivity (Wildman–Crippen MR) is 116 cm³/mol. The highest BCUT2D eigenvalue weighted by Gasteiger charge is 2.11. The van der Waals surface area contributed by atoms with E-state index in [1.807, 2.05) is 54.6 Å². The second-order valence-electron chi connectivity index (χ2n) is 6.32. The van der Waals surface area contributed by atoms with Gasteiger partial charge >= 0.3 is 0 Å². The van der Waals surface area contributed by atoms with Crippen molar-refractivity contribution in [2.24, 2.45) is 0 Å². The molecule has 8 heteroatoms. The maximum Gasteiger partial charge on any atom is 0.183 e. The molecule has 30 heavy (non-hydrogen) atoms. The number of rotatable bonds is 7. The Bertz CT molecular complexity index is 1200. The summed E-state index contributed by atoms with van der Waals surface area (Å²) in [5.41, 5.74) is 3.02. The van der Waals surface area contributed by atoms with Crippen molar-refractivity contribution < 1.29 is 14.2 Å². The molecule has 2 aromatic carbocycles. The Kier molecular flexibility index (Phi) is 5.47.